The van der Waals surface area contributed by atoms with Crippen LogP contribution in [-0.4, -0.2) is 51.1 Å². The Balaban J connectivity index is 1.50. The van der Waals surface area contributed by atoms with Gasteiger partial charge in [0.25, 0.3) is 0 Å². The number of hydrogen-bond acceptors (Lipinski definition) is 6. The van der Waals surface area contributed by atoms with Crippen LogP contribution < -0.4 is 5.73 Å². The van der Waals surface area contributed by atoms with E-state index in [1.54, 1.807) is 12.1 Å². The number of nitrogens with two attached hydrogens (primary N) is 1. The first-order chi connectivity index (χ1) is 16.5. The Kier molecular flexibility index (Phi) is 5.89. The van der Waals surface area contributed by atoms with E-state index < -0.39 is 6.04 Å². The number of likely N-dealkylation sites (tertiary alicyclic amines) is 1. The summed E-state index contributed by atoms with van der Waals surface area (Å²) in [5.74, 6) is 0.196. The number of carbonyl (C=O) groups excluding carboxylic acids is 1. The van der Waals surface area contributed by atoms with Crippen molar-refractivity contribution in [2.24, 2.45) is 5.73 Å². The van der Waals surface area contributed by atoms with E-state index in [1.807, 2.05) is 31.2 Å². The number of phenols is 1. The number of nitrogens with one attached hydrogen (secondary N) is 1. The fourth-order valence-electron chi connectivity index (χ4n) is 5.21. The largest absolute Gasteiger partial charge is 0.508 e. The molecule has 4 N–H and O–H groups in total. The fourth-order valence-corrected chi connectivity index (χ4v) is 5.21. The molecule has 2 aromatic carbocycles. The highest BCUT2D eigenvalue weighted by molar-refractivity contribution is 5.88. The first kappa shape index (κ1) is 22.3. The Morgan fingerprint density at radius 3 is 2.50 bits per heavy atom. The molecule has 0 aliphatic carbocycles. The molecule has 4 aromatic rings. The highest BCUT2D eigenvalue weighted by Gasteiger charge is 2.37. The first-order valence-electron chi connectivity index (χ1n) is 11.6. The van der Waals surface area contributed by atoms with Crippen molar-refractivity contribution in [3.63, 3.8) is 0 Å². The van der Waals surface area contributed by atoms with Crippen LogP contribution in [0.4, 0.5) is 0 Å². The van der Waals surface area contributed by atoms with Crippen molar-refractivity contribution in [1.29, 1.82) is 0 Å². The van der Waals surface area contributed by atoms with Gasteiger partial charge in [-0.1, -0.05) is 30.3 Å². The molecule has 1 unspecified atom stereocenters. The van der Waals surface area contributed by atoms with Gasteiger partial charge < -0.3 is 15.6 Å². The van der Waals surface area contributed by atoms with Crippen LogP contribution in [0.2, 0.25) is 0 Å². The highest BCUT2D eigenvalue weighted by atomic mass is 16.3. The summed E-state index contributed by atoms with van der Waals surface area (Å²) < 4.78 is 0. The first-order valence-corrected chi connectivity index (χ1v) is 11.6. The third-order valence-electron chi connectivity index (χ3n) is 7.27. The monoisotopic (exact) mass is 455 g/mol. The van der Waals surface area contributed by atoms with Crippen molar-refractivity contribution < 1.29 is 9.90 Å². The summed E-state index contributed by atoms with van der Waals surface area (Å²) in [5.41, 5.74) is 11.4. The average molecular weight is 456 g/mol. The third-order valence-corrected chi connectivity index (χ3v) is 7.27. The molecule has 0 bridgehead atoms. The smallest absolute Gasteiger partial charge is 0.182 e. The Morgan fingerprint density at radius 1 is 1.15 bits per heavy atom. The molecule has 0 spiro atoms. The van der Waals surface area contributed by atoms with Gasteiger partial charge in [0.05, 0.1) is 11.7 Å². The number of aromatic amines is 1. The van der Waals surface area contributed by atoms with Gasteiger partial charge in [-0.15, -0.1) is 0 Å². The lowest BCUT2D eigenvalue weighted by Crippen LogP contribution is -2.48. The molecule has 0 radical (unpaired) electrons. The van der Waals surface area contributed by atoms with Crippen molar-refractivity contribution in [2.75, 3.05) is 19.6 Å². The van der Waals surface area contributed by atoms with E-state index in [1.165, 1.54) is 5.56 Å². The topological polar surface area (TPSA) is 108 Å². The standard InChI is InChI=1S/C27H29N5O2/c1-18-25-22(15-23(29-26(25)31-30-18)19-7-9-21(34)10-8-19)24(16-33)32-13-11-27(17-28,12-14-32)20-5-3-2-4-6-20/h2-10,15-16,24,34H,11-14,17,28H2,1H3,(H,29,30,31). The minimum absolute atomic E-state index is 0.0679. The summed E-state index contributed by atoms with van der Waals surface area (Å²) in [6.45, 7) is 4.07. The van der Waals surface area contributed by atoms with Crippen LogP contribution in [0.3, 0.4) is 0 Å². The number of aromatic hydroxyl groups is 1. The van der Waals surface area contributed by atoms with Crippen LogP contribution in [-0.2, 0) is 10.2 Å². The molecule has 0 amide bonds. The van der Waals surface area contributed by atoms with E-state index in [-0.39, 0.29) is 11.2 Å². The maximum absolute atomic E-state index is 12.5. The number of aryl methyl sites for hydroxylation is 1. The van der Waals surface area contributed by atoms with Crippen LogP contribution in [0.5, 0.6) is 5.75 Å². The summed E-state index contributed by atoms with van der Waals surface area (Å²) in [4.78, 5) is 19.5. The van der Waals surface area contributed by atoms with Crippen LogP contribution in [0, 0.1) is 6.92 Å². The number of aromatic nitrogens is 3. The second kappa shape index (κ2) is 9.00. The molecule has 34 heavy (non-hydrogen) atoms. The second-order valence-electron chi connectivity index (χ2n) is 9.16. The summed E-state index contributed by atoms with van der Waals surface area (Å²) in [6, 6.07) is 18.9. The molecular weight excluding hydrogens is 426 g/mol. The van der Waals surface area contributed by atoms with Crippen LogP contribution in [0.1, 0.15) is 35.7 Å². The maximum Gasteiger partial charge on any atom is 0.182 e. The van der Waals surface area contributed by atoms with Crippen molar-refractivity contribution in [2.45, 2.75) is 31.2 Å². The van der Waals surface area contributed by atoms with E-state index >= 15 is 0 Å². The lowest BCUT2D eigenvalue weighted by Gasteiger charge is -2.43. The molecule has 1 saturated heterocycles. The zero-order valence-electron chi connectivity index (χ0n) is 19.2. The molecule has 0 saturated carbocycles. The Hall–Kier alpha value is -3.55. The summed E-state index contributed by atoms with van der Waals surface area (Å²) in [5, 5.41) is 18.0. The molecule has 7 nitrogen and oxygen atoms in total. The van der Waals surface area contributed by atoms with E-state index in [4.69, 9.17) is 10.7 Å². The van der Waals surface area contributed by atoms with Crippen LogP contribution in [0.25, 0.3) is 22.3 Å². The minimum atomic E-state index is -0.413. The number of piperidine rings is 1. The molecule has 5 rings (SSSR count). The molecule has 1 fully saturated rings. The predicted octanol–water partition coefficient (Wildman–Crippen LogP) is 3.87. The number of aldehydes is 1. The lowest BCUT2D eigenvalue weighted by molar-refractivity contribution is -0.113. The number of hydrogen-bond donors (Lipinski definition) is 3. The van der Waals surface area contributed by atoms with Gasteiger partial charge in [-0.25, -0.2) is 4.98 Å². The van der Waals surface area contributed by atoms with Gasteiger partial charge in [-0.2, -0.15) is 5.10 Å². The number of nitrogens with zero attached hydrogens (tertiary/aromatic N) is 3. The number of pyridine rings is 1. The Bertz CT molecular complexity index is 1290. The Morgan fingerprint density at radius 2 is 1.85 bits per heavy atom. The molecular formula is C27H29N5O2. The number of H-pyrrole nitrogens is 1. The molecule has 1 aliphatic heterocycles. The quantitative estimate of drug-likeness (QED) is 0.381. The number of phenolic OH excluding ortho intramolecular Hbond substituents is 1. The SMILES string of the molecule is Cc1[nH]nc2nc(-c3ccc(O)cc3)cc(C(C=O)N3CCC(CN)(c4ccccc4)CC3)c12. The molecule has 1 atom stereocenters. The summed E-state index contributed by atoms with van der Waals surface area (Å²) >= 11 is 0. The maximum atomic E-state index is 12.5. The third kappa shape index (κ3) is 3.87. The van der Waals surface area contributed by atoms with Gasteiger partial charge >= 0.3 is 0 Å². The highest BCUT2D eigenvalue weighted by Crippen LogP contribution is 2.39. The number of benzene rings is 2. The van der Waals surface area contributed by atoms with Crippen molar-refractivity contribution >= 4 is 17.3 Å². The van der Waals surface area contributed by atoms with Gasteiger partial charge in [0.2, 0.25) is 0 Å². The van der Waals surface area contributed by atoms with E-state index in [0.29, 0.717) is 12.2 Å². The molecule has 3 heterocycles. The molecule has 174 valence electrons. The number of rotatable bonds is 6. The summed E-state index contributed by atoms with van der Waals surface area (Å²) in [6.07, 6.45) is 2.81. The van der Waals surface area contributed by atoms with Gasteiger partial charge in [0.15, 0.2) is 5.65 Å². The van der Waals surface area contributed by atoms with Crippen molar-refractivity contribution in [3.05, 3.63) is 77.5 Å². The van der Waals surface area contributed by atoms with Crippen LogP contribution >= 0.6 is 0 Å². The van der Waals surface area contributed by atoms with E-state index in [2.05, 4.69) is 39.4 Å². The molecule has 2 aromatic heterocycles. The number of fused-ring (bicyclic) bond motifs is 1. The Labute approximate surface area is 198 Å². The van der Waals surface area contributed by atoms with Gasteiger partial charge in [-0.05, 0) is 61.2 Å². The minimum Gasteiger partial charge on any atom is -0.508 e. The molecule has 1 aliphatic rings. The second-order valence-corrected chi connectivity index (χ2v) is 9.16. The van der Waals surface area contributed by atoms with Crippen molar-refractivity contribution in [3.8, 4) is 17.0 Å². The fraction of sp³-hybridized carbons (Fsp3) is 0.296. The number of carbonyl (C=O) groups is 1. The average Bonchev–Trinajstić information content (AvgIpc) is 3.26. The predicted molar refractivity (Wildman–Crippen MR) is 133 cm³/mol. The zero-order chi connectivity index (χ0) is 23.7. The van der Waals surface area contributed by atoms with Crippen LogP contribution in [0.15, 0.2) is 60.7 Å². The van der Waals surface area contributed by atoms with E-state index in [0.717, 1.165) is 60.1 Å². The summed E-state index contributed by atoms with van der Waals surface area (Å²) in [7, 11) is 0. The van der Waals surface area contributed by atoms with Crippen molar-refractivity contribution in [1.82, 2.24) is 20.1 Å². The lowest BCUT2D eigenvalue weighted by atomic mass is 9.72. The zero-order valence-corrected chi connectivity index (χ0v) is 19.2. The van der Waals surface area contributed by atoms with Gasteiger partial charge in [0, 0.05) is 41.7 Å². The van der Waals surface area contributed by atoms with Gasteiger partial charge in [-0.3, -0.25) is 10.00 Å². The normalized spacial score (nSPS) is 17.0. The van der Waals surface area contributed by atoms with Gasteiger partial charge in [0.1, 0.15) is 12.0 Å². The molecule has 7 heteroatoms. The van der Waals surface area contributed by atoms with E-state index in [9.17, 15) is 9.90 Å².